The number of rotatable bonds is 36. The van der Waals surface area contributed by atoms with Crippen LogP contribution in [0.15, 0.2) is 0 Å². The quantitative estimate of drug-likeness (QED) is 0.0466. The van der Waals surface area contributed by atoms with Crippen molar-refractivity contribution in [3.8, 4) is 0 Å². The molecule has 2 saturated heterocycles. The van der Waals surface area contributed by atoms with Gasteiger partial charge in [-0.15, -0.1) is 0 Å². The summed E-state index contributed by atoms with van der Waals surface area (Å²) >= 11 is 0. The van der Waals surface area contributed by atoms with E-state index in [0.29, 0.717) is 5.82 Å². The maximum Gasteiger partial charge on any atom is 0.461 e. The van der Waals surface area contributed by atoms with Crippen LogP contribution in [0.5, 0.6) is 0 Å². The zero-order valence-electron chi connectivity index (χ0n) is 41.4. The molecule has 6 heteroatoms. The van der Waals surface area contributed by atoms with Crippen molar-refractivity contribution in [2.24, 2.45) is 0 Å². The largest absolute Gasteiger partial charge is 0.461 e. The predicted molar refractivity (Wildman–Crippen MR) is 259 cm³/mol. The minimum Gasteiger partial charge on any atom is -0.403 e. The molecule has 0 saturated carbocycles. The van der Waals surface area contributed by atoms with E-state index < -0.39 is 0 Å². The summed E-state index contributed by atoms with van der Waals surface area (Å²) in [5.41, 5.74) is -1.10. The number of hydrogen-bond acceptors (Lipinski definition) is 4. The minimum absolute atomic E-state index is 0.0956. The van der Waals surface area contributed by atoms with Crippen molar-refractivity contribution in [2.45, 2.75) is 322 Å². The third-order valence-corrected chi connectivity index (χ3v) is 14.2. The van der Waals surface area contributed by atoms with Crippen molar-refractivity contribution in [3.63, 3.8) is 0 Å². The van der Waals surface area contributed by atoms with E-state index in [-0.39, 0.29) is 42.5 Å². The molecule has 0 amide bonds. The molecule has 2 aliphatic heterocycles. The standard InChI is InChI=1S/C32H63B2O4.C20H41/c1-11-12-13-14-15-16-17-18-19-20-21-25-28(34-37-31(7,8)32(9,10)38-34)26-23-22-24-27(2)33-35-29(3,4)30(5,6)36-33;1-3-5-7-9-11-13-15-17-19-20-18-16-14-12-10-8-6-4-2/h27-28H,2,11-26H2,1,3-10H3;1,3-20H2,2H3. The van der Waals surface area contributed by atoms with Gasteiger partial charge in [0, 0.05) is 0 Å². The van der Waals surface area contributed by atoms with Gasteiger partial charge in [-0.3, -0.25) is 0 Å². The Morgan fingerprint density at radius 2 is 0.586 bits per heavy atom. The maximum absolute atomic E-state index is 6.51. The molecule has 2 rings (SSSR count). The highest BCUT2D eigenvalue weighted by atomic mass is 16.7. The lowest BCUT2D eigenvalue weighted by Crippen LogP contribution is -2.41. The first-order valence-corrected chi connectivity index (χ1v) is 26.0. The molecule has 0 N–H and O–H groups in total. The van der Waals surface area contributed by atoms with Crippen LogP contribution in [-0.2, 0) is 18.6 Å². The lowest BCUT2D eigenvalue weighted by molar-refractivity contribution is 0.00578. The van der Waals surface area contributed by atoms with Gasteiger partial charge in [0.1, 0.15) is 0 Å². The molecule has 2 aliphatic rings. The van der Waals surface area contributed by atoms with Crippen molar-refractivity contribution in [1.82, 2.24) is 0 Å². The number of unbranched alkanes of at least 4 members (excludes halogenated alkanes) is 28. The summed E-state index contributed by atoms with van der Waals surface area (Å²) in [5.74, 6) is 0.604. The Bertz CT molecular complexity index is 886. The van der Waals surface area contributed by atoms with Crippen LogP contribution in [0.3, 0.4) is 0 Å². The van der Waals surface area contributed by atoms with Crippen LogP contribution in [0.2, 0.25) is 11.6 Å². The third-order valence-electron chi connectivity index (χ3n) is 14.2. The summed E-state index contributed by atoms with van der Waals surface area (Å²) in [7, 11) is -0.308. The second-order valence-electron chi connectivity index (χ2n) is 20.9. The van der Waals surface area contributed by atoms with Crippen molar-refractivity contribution in [3.05, 3.63) is 13.8 Å². The van der Waals surface area contributed by atoms with E-state index in [0.717, 1.165) is 32.1 Å². The average Bonchev–Trinajstić information content (AvgIpc) is 3.53. The van der Waals surface area contributed by atoms with Gasteiger partial charge in [-0.2, -0.15) is 0 Å². The van der Waals surface area contributed by atoms with Crippen LogP contribution >= 0.6 is 0 Å². The van der Waals surface area contributed by atoms with Crippen molar-refractivity contribution >= 4 is 14.2 Å². The highest BCUT2D eigenvalue weighted by Crippen LogP contribution is 2.44. The van der Waals surface area contributed by atoms with Gasteiger partial charge in [-0.05, 0) is 67.0 Å². The summed E-state index contributed by atoms with van der Waals surface area (Å²) in [5, 5.41) is 0. The first kappa shape index (κ1) is 56.0. The summed E-state index contributed by atoms with van der Waals surface area (Å²) in [6.45, 7) is 30.0. The maximum atomic E-state index is 6.51. The van der Waals surface area contributed by atoms with Crippen LogP contribution in [0.4, 0.5) is 0 Å². The molecule has 2 radical (unpaired) electrons. The normalized spacial score (nSPS) is 19.0. The summed E-state index contributed by atoms with van der Waals surface area (Å²) < 4.78 is 25.5. The fourth-order valence-corrected chi connectivity index (χ4v) is 8.50. The van der Waals surface area contributed by atoms with Gasteiger partial charge in [0.25, 0.3) is 0 Å². The zero-order valence-corrected chi connectivity index (χ0v) is 41.4. The van der Waals surface area contributed by atoms with Gasteiger partial charge in [0.15, 0.2) is 0 Å². The number of hydrogen-bond donors (Lipinski definition) is 0. The van der Waals surface area contributed by atoms with E-state index in [9.17, 15) is 0 Å². The average molecular weight is 815 g/mol. The van der Waals surface area contributed by atoms with Gasteiger partial charge in [-0.1, -0.05) is 246 Å². The Labute approximate surface area is 367 Å². The molecule has 2 heterocycles. The van der Waals surface area contributed by atoms with E-state index in [2.05, 4.69) is 83.1 Å². The minimum atomic E-state index is -0.288. The first-order valence-electron chi connectivity index (χ1n) is 26.0. The molecule has 0 spiro atoms. The van der Waals surface area contributed by atoms with Crippen molar-refractivity contribution < 1.29 is 18.6 Å². The molecule has 2 unspecified atom stereocenters. The Morgan fingerprint density at radius 1 is 0.345 bits per heavy atom. The molecule has 0 aliphatic carbocycles. The van der Waals surface area contributed by atoms with Crippen LogP contribution in [-0.4, -0.2) is 36.6 Å². The lowest BCUT2D eigenvalue weighted by atomic mass is 9.66. The van der Waals surface area contributed by atoms with E-state index in [1.165, 1.54) is 186 Å². The second-order valence-corrected chi connectivity index (χ2v) is 20.9. The van der Waals surface area contributed by atoms with E-state index in [4.69, 9.17) is 18.6 Å². The summed E-state index contributed by atoms with van der Waals surface area (Å²) in [6, 6.07) is 0. The Hall–Kier alpha value is -0.0301. The highest BCUT2D eigenvalue weighted by Gasteiger charge is 2.54. The van der Waals surface area contributed by atoms with Crippen LogP contribution in [0, 0.1) is 13.8 Å². The fourth-order valence-electron chi connectivity index (χ4n) is 8.50. The van der Waals surface area contributed by atoms with Gasteiger partial charge < -0.3 is 18.6 Å². The SMILES string of the molecule is [CH2]C(CCCCC(CCCCCCCCCCCCC)B1OC(C)(C)C(C)(C)O1)B1OC(C)(C)C(C)(C)O1.[CH2]CCCCCCCCCCCCCCCCCCC. The Balaban J connectivity index is 0.000000710. The molecule has 2 atom stereocenters. The van der Waals surface area contributed by atoms with Crippen LogP contribution in [0.1, 0.15) is 288 Å². The first-order chi connectivity index (χ1) is 27.6. The van der Waals surface area contributed by atoms with Gasteiger partial charge in [-0.25, -0.2) is 0 Å². The zero-order chi connectivity index (χ0) is 43.2. The Morgan fingerprint density at radius 3 is 0.897 bits per heavy atom. The molecule has 0 aromatic rings. The Kier molecular flexibility index (Phi) is 31.5. The molecule has 0 aromatic heterocycles. The molecule has 4 nitrogen and oxygen atoms in total. The van der Waals surface area contributed by atoms with Gasteiger partial charge >= 0.3 is 14.2 Å². The van der Waals surface area contributed by atoms with Crippen molar-refractivity contribution in [2.75, 3.05) is 0 Å². The van der Waals surface area contributed by atoms with Crippen molar-refractivity contribution in [1.29, 1.82) is 0 Å². The third kappa shape index (κ3) is 24.6. The molecule has 342 valence electrons. The van der Waals surface area contributed by atoms with Crippen LogP contribution < -0.4 is 0 Å². The second kappa shape index (κ2) is 32.6. The lowest BCUT2D eigenvalue weighted by Gasteiger charge is -2.32. The van der Waals surface area contributed by atoms with E-state index >= 15 is 0 Å². The smallest absolute Gasteiger partial charge is 0.403 e. The molecule has 0 aromatic carbocycles. The molecule has 58 heavy (non-hydrogen) atoms. The highest BCUT2D eigenvalue weighted by molar-refractivity contribution is 6.48. The topological polar surface area (TPSA) is 36.9 Å². The monoisotopic (exact) mass is 815 g/mol. The fraction of sp³-hybridized carbons (Fsp3) is 0.962. The van der Waals surface area contributed by atoms with E-state index in [1.807, 2.05) is 0 Å². The summed E-state index contributed by atoms with van der Waals surface area (Å²) in [4.78, 5) is 0. The molecular formula is C52H104B2O4. The molecule has 0 bridgehead atoms. The van der Waals surface area contributed by atoms with E-state index in [1.54, 1.807) is 0 Å². The van der Waals surface area contributed by atoms with Gasteiger partial charge in [0.05, 0.1) is 22.4 Å². The predicted octanol–water partition coefficient (Wildman–Crippen LogP) is 17.9. The van der Waals surface area contributed by atoms with Crippen LogP contribution in [0.25, 0.3) is 0 Å². The molecule has 2 fully saturated rings. The van der Waals surface area contributed by atoms with Gasteiger partial charge in [0.2, 0.25) is 0 Å². The summed E-state index contributed by atoms with van der Waals surface area (Å²) in [6.07, 6.45) is 46.7. The molecular weight excluding hydrogens is 710 g/mol.